The van der Waals surface area contributed by atoms with E-state index < -0.39 is 12.0 Å². The number of hydrogen-bond donors (Lipinski definition) is 1. The first-order valence-electron chi connectivity index (χ1n) is 10.1. The van der Waals surface area contributed by atoms with Gasteiger partial charge in [-0.1, -0.05) is 59.8 Å². The van der Waals surface area contributed by atoms with Crippen molar-refractivity contribution in [3.63, 3.8) is 0 Å². The number of hydrogen-bond acceptors (Lipinski definition) is 5. The second-order valence-corrected chi connectivity index (χ2v) is 7.59. The van der Waals surface area contributed by atoms with Gasteiger partial charge in [0.2, 0.25) is 5.82 Å². The molecule has 6 nitrogen and oxygen atoms in total. The van der Waals surface area contributed by atoms with E-state index in [1.165, 1.54) is 10.2 Å². The van der Waals surface area contributed by atoms with Gasteiger partial charge in [-0.15, -0.1) is 5.10 Å². The molecule has 2 aromatic carbocycles. The van der Waals surface area contributed by atoms with E-state index in [0.717, 1.165) is 30.4 Å². The standard InChI is InChI=1S/C22H19F3N6/c23-22(24,25)21-27-19(26-17-12-6-10-15-9-4-5-11-16(15)17)18-20(28-21)31(30-29-18)13-14-7-2-1-3-8-14/h1-5,7-9,11,17H,6,10,12-13H2,(H,26,27,28). The molecule has 0 saturated carbocycles. The monoisotopic (exact) mass is 424 g/mol. The van der Waals surface area contributed by atoms with Gasteiger partial charge in [-0.2, -0.15) is 13.2 Å². The van der Waals surface area contributed by atoms with Gasteiger partial charge in [-0.3, -0.25) is 0 Å². The molecule has 1 aliphatic carbocycles. The van der Waals surface area contributed by atoms with E-state index in [-0.39, 0.29) is 29.6 Å². The van der Waals surface area contributed by atoms with E-state index >= 15 is 0 Å². The highest BCUT2D eigenvalue weighted by atomic mass is 19.4. The molecule has 1 N–H and O–H groups in total. The third kappa shape index (κ3) is 3.83. The SMILES string of the molecule is FC(F)(F)c1nc(NC2CCCc3ccccc32)c2nnn(Cc3ccccc3)c2n1. The van der Waals surface area contributed by atoms with Crippen molar-refractivity contribution in [1.82, 2.24) is 25.0 Å². The Balaban J connectivity index is 1.58. The second-order valence-electron chi connectivity index (χ2n) is 7.59. The molecule has 0 amide bonds. The molecular weight excluding hydrogens is 405 g/mol. The topological polar surface area (TPSA) is 68.5 Å². The Kier molecular flexibility index (Phi) is 4.80. The third-order valence-corrected chi connectivity index (χ3v) is 5.47. The van der Waals surface area contributed by atoms with Crippen LogP contribution in [0.1, 0.15) is 41.4 Å². The van der Waals surface area contributed by atoms with Crippen molar-refractivity contribution in [2.45, 2.75) is 38.0 Å². The van der Waals surface area contributed by atoms with Gasteiger partial charge in [0.05, 0.1) is 12.6 Å². The van der Waals surface area contributed by atoms with Gasteiger partial charge < -0.3 is 5.32 Å². The van der Waals surface area contributed by atoms with E-state index in [1.807, 2.05) is 48.5 Å². The fourth-order valence-electron chi connectivity index (χ4n) is 4.02. The zero-order chi connectivity index (χ0) is 21.4. The van der Waals surface area contributed by atoms with E-state index in [2.05, 4.69) is 31.7 Å². The van der Waals surface area contributed by atoms with Gasteiger partial charge >= 0.3 is 6.18 Å². The Hall–Kier alpha value is -3.49. The molecule has 0 fully saturated rings. The molecule has 1 aliphatic rings. The van der Waals surface area contributed by atoms with E-state index in [0.29, 0.717) is 0 Å². The first-order chi connectivity index (χ1) is 15.0. The number of alkyl halides is 3. The number of nitrogens with zero attached hydrogens (tertiary/aromatic N) is 5. The molecule has 0 spiro atoms. The molecule has 4 aromatic rings. The van der Waals surface area contributed by atoms with Gasteiger partial charge in [0.15, 0.2) is 17.0 Å². The van der Waals surface area contributed by atoms with Crippen molar-refractivity contribution in [2.75, 3.05) is 5.32 Å². The number of benzene rings is 2. The van der Waals surface area contributed by atoms with Crippen molar-refractivity contribution in [2.24, 2.45) is 0 Å². The lowest BCUT2D eigenvalue weighted by atomic mass is 9.88. The summed E-state index contributed by atoms with van der Waals surface area (Å²) in [6, 6.07) is 17.1. The molecule has 0 saturated heterocycles. The van der Waals surface area contributed by atoms with Crippen LogP contribution in [-0.2, 0) is 19.1 Å². The van der Waals surface area contributed by atoms with Crippen molar-refractivity contribution in [1.29, 1.82) is 0 Å². The predicted octanol–water partition coefficient (Wildman–Crippen LogP) is 4.78. The van der Waals surface area contributed by atoms with Crippen LogP contribution in [0.4, 0.5) is 19.0 Å². The predicted molar refractivity (Wildman–Crippen MR) is 109 cm³/mol. The normalized spacial score (nSPS) is 16.3. The molecule has 1 unspecified atom stereocenters. The zero-order valence-electron chi connectivity index (χ0n) is 16.5. The number of aryl methyl sites for hydroxylation is 1. The molecule has 0 radical (unpaired) electrons. The van der Waals surface area contributed by atoms with E-state index in [9.17, 15) is 13.2 Å². The summed E-state index contributed by atoms with van der Waals surface area (Å²) in [6.45, 7) is 0.261. The summed E-state index contributed by atoms with van der Waals surface area (Å²) in [5, 5.41) is 11.4. The van der Waals surface area contributed by atoms with Crippen molar-refractivity contribution in [3.8, 4) is 0 Å². The summed E-state index contributed by atoms with van der Waals surface area (Å²) in [6.07, 6.45) is -2.00. The van der Waals surface area contributed by atoms with Crippen LogP contribution in [-0.4, -0.2) is 25.0 Å². The fraction of sp³-hybridized carbons (Fsp3) is 0.273. The lowest BCUT2D eigenvalue weighted by Crippen LogP contribution is -2.20. The molecule has 9 heteroatoms. The van der Waals surface area contributed by atoms with Crippen LogP contribution in [0.2, 0.25) is 0 Å². The lowest BCUT2D eigenvalue weighted by Gasteiger charge is -2.27. The smallest absolute Gasteiger partial charge is 0.361 e. The molecule has 0 aliphatic heterocycles. The Labute approximate surface area is 176 Å². The van der Waals surface area contributed by atoms with Gasteiger partial charge in [-0.25, -0.2) is 14.6 Å². The highest BCUT2D eigenvalue weighted by Gasteiger charge is 2.37. The van der Waals surface area contributed by atoms with Crippen LogP contribution in [0.25, 0.3) is 11.2 Å². The summed E-state index contributed by atoms with van der Waals surface area (Å²) in [7, 11) is 0. The van der Waals surface area contributed by atoms with Crippen molar-refractivity contribution in [3.05, 3.63) is 77.1 Å². The summed E-state index contributed by atoms with van der Waals surface area (Å²) >= 11 is 0. The van der Waals surface area contributed by atoms with Gasteiger partial charge in [-0.05, 0) is 36.0 Å². The molecular formula is C22H19F3N6. The summed E-state index contributed by atoms with van der Waals surface area (Å²) in [5.74, 6) is -1.15. The van der Waals surface area contributed by atoms with Gasteiger partial charge in [0.25, 0.3) is 0 Å². The maximum absolute atomic E-state index is 13.6. The molecule has 2 heterocycles. The Bertz CT molecular complexity index is 1220. The maximum Gasteiger partial charge on any atom is 0.451 e. The summed E-state index contributed by atoms with van der Waals surface area (Å²) in [5.41, 5.74) is 3.44. The number of fused-ring (bicyclic) bond motifs is 2. The number of nitrogens with one attached hydrogen (secondary N) is 1. The fourth-order valence-corrected chi connectivity index (χ4v) is 4.02. The number of anilines is 1. The van der Waals surface area contributed by atoms with Crippen LogP contribution in [0, 0.1) is 0 Å². The molecule has 158 valence electrons. The van der Waals surface area contributed by atoms with Crippen LogP contribution in [0.5, 0.6) is 0 Å². The van der Waals surface area contributed by atoms with Crippen LogP contribution >= 0.6 is 0 Å². The Morgan fingerprint density at radius 1 is 1.00 bits per heavy atom. The number of aromatic nitrogens is 5. The second kappa shape index (κ2) is 7.64. The summed E-state index contributed by atoms with van der Waals surface area (Å²) in [4.78, 5) is 7.56. The Morgan fingerprint density at radius 3 is 2.58 bits per heavy atom. The highest BCUT2D eigenvalue weighted by Crippen LogP contribution is 2.35. The van der Waals surface area contributed by atoms with Crippen molar-refractivity contribution >= 4 is 17.0 Å². The van der Waals surface area contributed by atoms with E-state index in [4.69, 9.17) is 0 Å². The van der Waals surface area contributed by atoms with Gasteiger partial charge in [0.1, 0.15) is 0 Å². The average molecular weight is 424 g/mol. The maximum atomic E-state index is 13.6. The first kappa shape index (κ1) is 19.5. The minimum Gasteiger partial charge on any atom is -0.361 e. The zero-order valence-corrected chi connectivity index (χ0v) is 16.5. The molecule has 2 aromatic heterocycles. The Morgan fingerprint density at radius 2 is 1.77 bits per heavy atom. The largest absolute Gasteiger partial charge is 0.451 e. The highest BCUT2D eigenvalue weighted by molar-refractivity contribution is 5.82. The van der Waals surface area contributed by atoms with Crippen LogP contribution in [0.15, 0.2) is 54.6 Å². The lowest BCUT2D eigenvalue weighted by molar-refractivity contribution is -0.144. The summed E-state index contributed by atoms with van der Waals surface area (Å²) < 4.78 is 42.1. The average Bonchev–Trinajstić information content (AvgIpc) is 3.17. The van der Waals surface area contributed by atoms with Crippen molar-refractivity contribution < 1.29 is 13.2 Å². The minimum atomic E-state index is -4.68. The molecule has 1 atom stereocenters. The van der Waals surface area contributed by atoms with Crippen LogP contribution < -0.4 is 5.32 Å². The molecule has 5 rings (SSSR count). The van der Waals surface area contributed by atoms with E-state index in [1.54, 1.807) is 0 Å². The molecule has 0 bridgehead atoms. The molecule has 31 heavy (non-hydrogen) atoms. The number of rotatable bonds is 4. The quantitative estimate of drug-likeness (QED) is 0.511. The first-order valence-corrected chi connectivity index (χ1v) is 10.1. The van der Waals surface area contributed by atoms with Gasteiger partial charge in [0, 0.05) is 0 Å². The minimum absolute atomic E-state index is 0.0535. The third-order valence-electron chi connectivity index (χ3n) is 5.47. The number of halogens is 3. The van der Waals surface area contributed by atoms with Crippen LogP contribution in [0.3, 0.4) is 0 Å².